The lowest BCUT2D eigenvalue weighted by Gasteiger charge is -2.12. The van der Waals surface area contributed by atoms with Crippen molar-refractivity contribution in [2.24, 2.45) is 0 Å². The Balaban J connectivity index is 1.97. The average molecular weight is 403 g/mol. The maximum atomic E-state index is 13.2. The maximum Gasteiger partial charge on any atom is 0.362 e. The summed E-state index contributed by atoms with van der Waals surface area (Å²) in [5.74, 6) is -1.19. The van der Waals surface area contributed by atoms with Crippen LogP contribution in [0, 0.1) is 5.82 Å². The van der Waals surface area contributed by atoms with Crippen LogP contribution in [-0.4, -0.2) is 22.4 Å². The van der Waals surface area contributed by atoms with Crippen LogP contribution >= 0.6 is 11.6 Å². The third-order valence-corrected chi connectivity index (χ3v) is 4.00. The third-order valence-electron chi connectivity index (χ3n) is 3.74. The highest BCUT2D eigenvalue weighted by atomic mass is 35.5. The zero-order chi connectivity index (χ0) is 20.1. The summed E-state index contributed by atoms with van der Waals surface area (Å²) in [5.41, 5.74) is 0.411. The molecule has 0 aliphatic rings. The molecule has 2 aromatic carbocycles. The normalized spacial score (nSPS) is 10.5. The summed E-state index contributed by atoms with van der Waals surface area (Å²) >= 11 is 5.86. The third kappa shape index (κ3) is 4.55. The Labute approximate surface area is 165 Å². The molecule has 28 heavy (non-hydrogen) atoms. The van der Waals surface area contributed by atoms with Gasteiger partial charge in [0.2, 0.25) is 5.69 Å². The molecule has 6 nitrogen and oxygen atoms in total. The highest BCUT2D eigenvalue weighted by Crippen LogP contribution is 2.19. The van der Waals surface area contributed by atoms with Crippen LogP contribution in [0.4, 0.5) is 4.39 Å². The van der Waals surface area contributed by atoms with Crippen LogP contribution in [0.2, 0.25) is 5.02 Å². The van der Waals surface area contributed by atoms with Gasteiger partial charge in [0.15, 0.2) is 5.75 Å². The standard InChI is InChI=1S/C20H16ClFN2O4/c1-2-27-20(26)19-17(28-12-13-3-5-14(21)6-4-13)11-18(25)24(23-19)16-9-7-15(22)8-10-16/h3-11H,2,12H2,1H3. The molecule has 0 unspecified atom stereocenters. The van der Waals surface area contributed by atoms with Gasteiger partial charge in [-0.05, 0) is 48.9 Å². The van der Waals surface area contributed by atoms with Crippen LogP contribution in [0.3, 0.4) is 0 Å². The van der Waals surface area contributed by atoms with Crippen LogP contribution in [-0.2, 0) is 11.3 Å². The van der Waals surface area contributed by atoms with Crippen molar-refractivity contribution in [3.8, 4) is 11.4 Å². The van der Waals surface area contributed by atoms with Gasteiger partial charge in [0.1, 0.15) is 12.4 Å². The topological polar surface area (TPSA) is 70.4 Å². The average Bonchev–Trinajstić information content (AvgIpc) is 2.68. The Kier molecular flexibility index (Phi) is 6.06. The maximum absolute atomic E-state index is 13.2. The number of halogens is 2. The van der Waals surface area contributed by atoms with Crippen LogP contribution in [0.5, 0.6) is 5.75 Å². The minimum absolute atomic E-state index is 0.00300. The number of esters is 1. The first kappa shape index (κ1) is 19.6. The van der Waals surface area contributed by atoms with Crippen LogP contribution in [0.15, 0.2) is 59.4 Å². The van der Waals surface area contributed by atoms with E-state index in [1.54, 1.807) is 31.2 Å². The van der Waals surface area contributed by atoms with E-state index in [1.807, 2.05) is 0 Å². The number of ether oxygens (including phenoxy) is 2. The van der Waals surface area contributed by atoms with E-state index in [4.69, 9.17) is 21.1 Å². The van der Waals surface area contributed by atoms with Gasteiger partial charge in [-0.1, -0.05) is 23.7 Å². The van der Waals surface area contributed by atoms with Crippen LogP contribution in [0.25, 0.3) is 5.69 Å². The molecular formula is C20H16ClFN2O4. The van der Waals surface area contributed by atoms with Crippen LogP contribution in [0.1, 0.15) is 23.0 Å². The second-order valence-electron chi connectivity index (χ2n) is 5.72. The monoisotopic (exact) mass is 402 g/mol. The molecule has 3 rings (SSSR count). The smallest absolute Gasteiger partial charge is 0.362 e. The van der Waals surface area contributed by atoms with Crippen molar-refractivity contribution in [1.29, 1.82) is 0 Å². The molecule has 1 heterocycles. The molecule has 0 N–H and O–H groups in total. The van der Waals surface area contributed by atoms with E-state index in [9.17, 15) is 14.0 Å². The molecule has 1 aromatic heterocycles. The summed E-state index contributed by atoms with van der Waals surface area (Å²) in [7, 11) is 0. The van der Waals surface area contributed by atoms with Crippen molar-refractivity contribution < 1.29 is 18.7 Å². The van der Waals surface area contributed by atoms with Gasteiger partial charge in [-0.3, -0.25) is 4.79 Å². The lowest BCUT2D eigenvalue weighted by molar-refractivity contribution is 0.0511. The largest absolute Gasteiger partial charge is 0.486 e. The number of hydrogen-bond donors (Lipinski definition) is 0. The summed E-state index contributed by atoms with van der Waals surface area (Å²) in [6.07, 6.45) is 0. The van der Waals surface area contributed by atoms with Crippen molar-refractivity contribution in [1.82, 2.24) is 9.78 Å². The summed E-state index contributed by atoms with van der Waals surface area (Å²) < 4.78 is 24.8. The molecule has 0 saturated carbocycles. The van der Waals surface area contributed by atoms with Crippen molar-refractivity contribution in [2.45, 2.75) is 13.5 Å². The first-order valence-electron chi connectivity index (χ1n) is 8.42. The van der Waals surface area contributed by atoms with Gasteiger partial charge in [-0.25, -0.2) is 9.18 Å². The molecule has 8 heteroatoms. The van der Waals surface area contributed by atoms with Crippen molar-refractivity contribution >= 4 is 17.6 Å². The Morgan fingerprint density at radius 2 is 1.82 bits per heavy atom. The Bertz CT molecular complexity index is 1030. The summed E-state index contributed by atoms with van der Waals surface area (Å²) in [5, 5.41) is 4.66. The lowest BCUT2D eigenvalue weighted by Crippen LogP contribution is -2.25. The number of rotatable bonds is 6. The van der Waals surface area contributed by atoms with Gasteiger partial charge < -0.3 is 9.47 Å². The fourth-order valence-electron chi connectivity index (χ4n) is 2.40. The second kappa shape index (κ2) is 8.67. The van der Waals surface area contributed by atoms with E-state index in [-0.39, 0.29) is 24.7 Å². The van der Waals surface area contributed by atoms with Gasteiger partial charge in [-0.15, -0.1) is 0 Å². The van der Waals surface area contributed by atoms with Gasteiger partial charge in [-0.2, -0.15) is 9.78 Å². The fourth-order valence-corrected chi connectivity index (χ4v) is 2.53. The molecule has 0 radical (unpaired) electrons. The molecule has 144 valence electrons. The zero-order valence-electron chi connectivity index (χ0n) is 14.9. The predicted molar refractivity (Wildman–Crippen MR) is 102 cm³/mol. The van der Waals surface area contributed by atoms with Gasteiger partial charge in [0, 0.05) is 5.02 Å². The molecular weight excluding hydrogens is 387 g/mol. The lowest BCUT2D eigenvalue weighted by atomic mass is 10.2. The van der Waals surface area contributed by atoms with Gasteiger partial charge in [0.05, 0.1) is 18.4 Å². The molecule has 0 fully saturated rings. The van der Waals surface area contributed by atoms with E-state index >= 15 is 0 Å². The summed E-state index contributed by atoms with van der Waals surface area (Å²) in [6.45, 7) is 1.89. The number of carbonyl (C=O) groups excluding carboxylic acids is 1. The van der Waals surface area contributed by atoms with Crippen molar-refractivity contribution in [3.63, 3.8) is 0 Å². The number of carbonyl (C=O) groups is 1. The number of nitrogens with zero attached hydrogens (tertiary/aromatic N) is 2. The molecule has 0 atom stereocenters. The number of aromatic nitrogens is 2. The minimum atomic E-state index is -0.732. The zero-order valence-corrected chi connectivity index (χ0v) is 15.6. The number of hydrogen-bond acceptors (Lipinski definition) is 5. The van der Waals surface area contributed by atoms with E-state index < -0.39 is 17.3 Å². The molecule has 0 amide bonds. The first-order valence-corrected chi connectivity index (χ1v) is 8.80. The Morgan fingerprint density at radius 1 is 1.14 bits per heavy atom. The SMILES string of the molecule is CCOC(=O)c1nn(-c2ccc(F)cc2)c(=O)cc1OCc1ccc(Cl)cc1. The molecule has 0 aliphatic carbocycles. The minimum Gasteiger partial charge on any atom is -0.486 e. The predicted octanol–water partition coefficient (Wildman–Crippen LogP) is 3.78. The van der Waals surface area contributed by atoms with E-state index in [0.29, 0.717) is 10.7 Å². The summed E-state index contributed by atoms with van der Waals surface area (Å²) in [4.78, 5) is 24.8. The molecule has 0 saturated heterocycles. The Morgan fingerprint density at radius 3 is 2.46 bits per heavy atom. The quantitative estimate of drug-likeness (QED) is 0.587. The van der Waals surface area contributed by atoms with Crippen molar-refractivity contribution in [2.75, 3.05) is 6.61 Å². The Hall–Kier alpha value is -3.19. The molecule has 0 spiro atoms. The summed E-state index contributed by atoms with van der Waals surface area (Å²) in [6, 6.07) is 13.2. The highest BCUT2D eigenvalue weighted by molar-refractivity contribution is 6.30. The van der Waals surface area contributed by atoms with Crippen molar-refractivity contribution in [3.05, 3.63) is 87.0 Å². The van der Waals surface area contributed by atoms with E-state index in [1.165, 1.54) is 24.3 Å². The molecule has 3 aromatic rings. The molecule has 0 bridgehead atoms. The highest BCUT2D eigenvalue weighted by Gasteiger charge is 2.20. The van der Waals surface area contributed by atoms with Gasteiger partial charge >= 0.3 is 5.97 Å². The molecule has 0 aliphatic heterocycles. The van der Waals surface area contributed by atoms with Gasteiger partial charge in [0.25, 0.3) is 5.56 Å². The fraction of sp³-hybridized carbons (Fsp3) is 0.150. The number of benzene rings is 2. The van der Waals surface area contributed by atoms with E-state index in [0.717, 1.165) is 16.3 Å². The van der Waals surface area contributed by atoms with E-state index in [2.05, 4.69) is 5.10 Å². The first-order chi connectivity index (χ1) is 13.5. The van der Waals surface area contributed by atoms with Crippen LogP contribution < -0.4 is 10.3 Å². The second-order valence-corrected chi connectivity index (χ2v) is 6.16.